The minimum absolute atomic E-state index is 0.684. The molecule has 0 unspecified atom stereocenters. The van der Waals surface area contributed by atoms with Gasteiger partial charge in [0.2, 0.25) is 0 Å². The number of allylic oxidation sites excluding steroid dienone is 1. The molecule has 0 bridgehead atoms. The van der Waals surface area contributed by atoms with E-state index in [1.807, 2.05) is 55.0 Å². The van der Waals surface area contributed by atoms with Crippen LogP contribution in [0.4, 0.5) is 5.69 Å². The summed E-state index contributed by atoms with van der Waals surface area (Å²) in [6, 6.07) is 14.6. The summed E-state index contributed by atoms with van der Waals surface area (Å²) in [6.07, 6.45) is 3.82. The lowest BCUT2D eigenvalue weighted by atomic mass is 10.1. The molecule has 0 atom stereocenters. The molecule has 2 aromatic rings. The molecule has 0 saturated heterocycles. The number of fused-ring (bicyclic) bond motifs is 1. The summed E-state index contributed by atoms with van der Waals surface area (Å²) in [5.74, 6) is 0. The Hall–Kier alpha value is -1.80. The highest BCUT2D eigenvalue weighted by Gasteiger charge is 2.05. The Morgan fingerprint density at radius 2 is 1.79 bits per heavy atom. The van der Waals surface area contributed by atoms with Gasteiger partial charge in [-0.25, -0.2) is 4.58 Å². The predicted octanol–water partition coefficient (Wildman–Crippen LogP) is 3.70. The fraction of sp³-hybridized carbons (Fsp3) is 0.188. The summed E-state index contributed by atoms with van der Waals surface area (Å²) >= 11 is 6.29. The van der Waals surface area contributed by atoms with Crippen molar-refractivity contribution in [1.29, 1.82) is 0 Å². The largest absolute Gasteiger partial charge is 0.335 e. The maximum atomic E-state index is 6.29. The van der Waals surface area contributed by atoms with Gasteiger partial charge in [-0.1, -0.05) is 41.9 Å². The normalized spacial score (nSPS) is 11.5. The van der Waals surface area contributed by atoms with E-state index in [1.165, 1.54) is 10.8 Å². The summed E-state index contributed by atoms with van der Waals surface area (Å²) in [6.45, 7) is 0. The van der Waals surface area contributed by atoms with Crippen molar-refractivity contribution in [3.8, 4) is 0 Å². The zero-order chi connectivity index (χ0) is 13.8. The molecule has 0 N–H and O–H groups in total. The van der Waals surface area contributed by atoms with Gasteiger partial charge in [0.1, 0.15) is 19.3 Å². The van der Waals surface area contributed by atoms with Gasteiger partial charge >= 0.3 is 0 Å². The number of rotatable bonds is 3. The molecule has 0 heterocycles. The van der Waals surface area contributed by atoms with E-state index in [-0.39, 0.29) is 0 Å². The van der Waals surface area contributed by atoms with Crippen molar-refractivity contribution in [1.82, 2.24) is 0 Å². The van der Waals surface area contributed by atoms with Crippen molar-refractivity contribution >= 4 is 34.3 Å². The second-order valence-corrected chi connectivity index (χ2v) is 5.08. The Morgan fingerprint density at radius 1 is 1.11 bits per heavy atom. The minimum Gasteiger partial charge on any atom is -0.335 e. The van der Waals surface area contributed by atoms with Gasteiger partial charge < -0.3 is 4.90 Å². The summed E-state index contributed by atoms with van der Waals surface area (Å²) in [5, 5.41) is 3.14. The summed E-state index contributed by atoms with van der Waals surface area (Å²) in [5.41, 5.74) is 1.08. The van der Waals surface area contributed by atoms with E-state index in [0.29, 0.717) is 5.16 Å². The van der Waals surface area contributed by atoms with Crippen molar-refractivity contribution in [2.45, 2.75) is 0 Å². The lowest BCUT2D eigenvalue weighted by molar-refractivity contribution is -0.458. The Labute approximate surface area is 119 Å². The van der Waals surface area contributed by atoms with Crippen LogP contribution in [0, 0.1) is 0 Å². The van der Waals surface area contributed by atoms with Crippen LogP contribution in [-0.4, -0.2) is 31.9 Å². The van der Waals surface area contributed by atoms with Gasteiger partial charge in [-0.2, -0.15) is 0 Å². The monoisotopic (exact) mass is 273 g/mol. The standard InChI is InChI=1S/C16H18ClN2/c1-18(2)11-10-16(17)19(3)15-9-8-13-6-4-5-7-14(13)12-15/h4-12H,1-3H3/q+1. The maximum Gasteiger partial charge on any atom is 0.165 e. The molecule has 3 heteroatoms. The van der Waals surface area contributed by atoms with Crippen molar-refractivity contribution in [2.24, 2.45) is 0 Å². The molecule has 0 saturated carbocycles. The maximum absolute atomic E-state index is 6.29. The van der Waals surface area contributed by atoms with Crippen LogP contribution in [0.1, 0.15) is 0 Å². The topological polar surface area (TPSA) is 6.25 Å². The number of hydrogen-bond donors (Lipinski definition) is 0. The summed E-state index contributed by atoms with van der Waals surface area (Å²) in [4.78, 5) is 1.97. The highest BCUT2D eigenvalue weighted by atomic mass is 35.5. The first-order valence-corrected chi connectivity index (χ1v) is 6.55. The number of nitrogens with zero attached hydrogens (tertiary/aromatic N) is 2. The van der Waals surface area contributed by atoms with Crippen LogP contribution in [0.2, 0.25) is 0 Å². The second-order valence-electron chi connectivity index (χ2n) is 4.69. The highest BCUT2D eigenvalue weighted by molar-refractivity contribution is 6.32. The van der Waals surface area contributed by atoms with Crippen LogP contribution in [0.25, 0.3) is 10.8 Å². The molecule has 2 aromatic carbocycles. The van der Waals surface area contributed by atoms with E-state index in [4.69, 9.17) is 11.6 Å². The molecule has 0 aromatic heterocycles. The van der Waals surface area contributed by atoms with Crippen LogP contribution >= 0.6 is 11.6 Å². The van der Waals surface area contributed by atoms with Crippen molar-refractivity contribution in [2.75, 3.05) is 26.0 Å². The first kappa shape index (κ1) is 13.6. The van der Waals surface area contributed by atoms with Gasteiger partial charge in [-0.05, 0) is 22.9 Å². The predicted molar refractivity (Wildman–Crippen MR) is 84.5 cm³/mol. The van der Waals surface area contributed by atoms with Crippen molar-refractivity contribution < 1.29 is 4.58 Å². The van der Waals surface area contributed by atoms with Crippen LogP contribution in [0.3, 0.4) is 0 Å². The molecule has 19 heavy (non-hydrogen) atoms. The number of hydrogen-bond acceptors (Lipinski definition) is 1. The molecule has 0 radical (unpaired) electrons. The first-order valence-electron chi connectivity index (χ1n) is 6.17. The molecule has 2 rings (SSSR count). The molecule has 0 aliphatic rings. The average Bonchev–Trinajstić information content (AvgIpc) is 2.43. The van der Waals surface area contributed by atoms with E-state index in [0.717, 1.165) is 5.69 Å². The van der Waals surface area contributed by atoms with E-state index < -0.39 is 0 Å². The lowest BCUT2D eigenvalue weighted by Crippen LogP contribution is -2.13. The van der Waals surface area contributed by atoms with Gasteiger partial charge in [0.15, 0.2) is 6.21 Å². The van der Waals surface area contributed by atoms with Gasteiger partial charge in [-0.3, -0.25) is 0 Å². The molecule has 0 amide bonds. The quantitative estimate of drug-likeness (QED) is 0.470. The fourth-order valence-corrected chi connectivity index (χ4v) is 1.98. The van der Waals surface area contributed by atoms with Crippen molar-refractivity contribution in [3.05, 3.63) is 53.7 Å². The van der Waals surface area contributed by atoms with Crippen LogP contribution in [0.15, 0.2) is 53.7 Å². The van der Waals surface area contributed by atoms with Crippen LogP contribution in [-0.2, 0) is 0 Å². The SMILES string of the molecule is CN(/C(Cl)=C/C=[N+](C)C)c1ccc2ccccc2c1. The Kier molecular flexibility index (Phi) is 4.23. The second kappa shape index (κ2) is 5.89. The highest BCUT2D eigenvalue weighted by Crippen LogP contribution is 2.24. The molecule has 98 valence electrons. The average molecular weight is 274 g/mol. The van der Waals surface area contributed by atoms with E-state index >= 15 is 0 Å². The summed E-state index contributed by atoms with van der Waals surface area (Å²) < 4.78 is 1.95. The third-order valence-corrected chi connectivity index (χ3v) is 3.33. The summed E-state index contributed by atoms with van der Waals surface area (Å²) in [7, 11) is 5.90. The van der Waals surface area contributed by atoms with Crippen LogP contribution < -0.4 is 4.90 Å². The minimum atomic E-state index is 0.684. The van der Waals surface area contributed by atoms with Gasteiger partial charge in [0.05, 0.1) is 0 Å². The molecule has 0 aliphatic carbocycles. The number of benzene rings is 2. The first-order chi connectivity index (χ1) is 9.08. The molecule has 0 aliphatic heterocycles. The van der Waals surface area contributed by atoms with E-state index in [1.54, 1.807) is 0 Å². The van der Waals surface area contributed by atoms with Gasteiger partial charge in [0.25, 0.3) is 0 Å². The van der Waals surface area contributed by atoms with Gasteiger partial charge in [0, 0.05) is 18.8 Å². The van der Waals surface area contributed by atoms with E-state index in [2.05, 4.69) is 30.3 Å². The smallest absolute Gasteiger partial charge is 0.165 e. The van der Waals surface area contributed by atoms with E-state index in [9.17, 15) is 0 Å². The Morgan fingerprint density at radius 3 is 2.47 bits per heavy atom. The number of halogens is 1. The lowest BCUT2D eigenvalue weighted by Gasteiger charge is -2.18. The third-order valence-electron chi connectivity index (χ3n) is 2.95. The molecule has 0 fully saturated rings. The zero-order valence-corrected chi connectivity index (χ0v) is 12.2. The Balaban J connectivity index is 2.33. The molecule has 2 nitrogen and oxygen atoms in total. The van der Waals surface area contributed by atoms with Crippen LogP contribution in [0.5, 0.6) is 0 Å². The van der Waals surface area contributed by atoms with Gasteiger partial charge in [-0.15, -0.1) is 0 Å². The molecular formula is C16H18ClN2+. The Bertz CT molecular complexity index is 640. The zero-order valence-electron chi connectivity index (χ0n) is 11.5. The molecule has 0 spiro atoms. The van der Waals surface area contributed by atoms with Crippen molar-refractivity contribution in [3.63, 3.8) is 0 Å². The number of anilines is 1. The molecular weight excluding hydrogens is 256 g/mol. The fourth-order valence-electron chi connectivity index (χ4n) is 1.83. The third kappa shape index (κ3) is 3.36.